The van der Waals surface area contributed by atoms with Gasteiger partial charge in [-0.25, -0.2) is 4.98 Å². The molecular formula is C20H19ClN4O. The fraction of sp³-hybridized carbons (Fsp3) is 0.200. The molecule has 0 aliphatic carbocycles. The normalized spacial score (nSPS) is 11.3. The van der Waals surface area contributed by atoms with Crippen LogP contribution in [-0.4, -0.2) is 19.9 Å². The molecule has 1 aromatic carbocycles. The number of rotatable bonds is 4. The number of hydrogen-bond donors (Lipinski definition) is 1. The summed E-state index contributed by atoms with van der Waals surface area (Å²) in [5, 5.41) is 4.77. The van der Waals surface area contributed by atoms with Gasteiger partial charge in [-0.1, -0.05) is 30.7 Å². The molecule has 26 heavy (non-hydrogen) atoms. The van der Waals surface area contributed by atoms with Crippen LogP contribution < -0.4 is 5.32 Å². The van der Waals surface area contributed by atoms with E-state index >= 15 is 0 Å². The fourth-order valence-electron chi connectivity index (χ4n) is 3.24. The lowest BCUT2D eigenvalue weighted by Crippen LogP contribution is -2.25. The second-order valence-electron chi connectivity index (χ2n) is 6.34. The molecule has 4 rings (SSSR count). The number of imidazole rings is 1. The molecule has 0 aliphatic rings. The van der Waals surface area contributed by atoms with Crippen molar-refractivity contribution in [2.24, 2.45) is 7.05 Å². The lowest BCUT2D eigenvalue weighted by molar-refractivity contribution is 0.0944. The smallest absolute Gasteiger partial charge is 0.270 e. The van der Waals surface area contributed by atoms with E-state index < -0.39 is 0 Å². The average molecular weight is 367 g/mol. The van der Waals surface area contributed by atoms with Crippen LogP contribution in [0.3, 0.4) is 0 Å². The topological polar surface area (TPSA) is 51.3 Å². The largest absolute Gasteiger partial charge is 0.351 e. The van der Waals surface area contributed by atoms with Crippen molar-refractivity contribution in [3.63, 3.8) is 0 Å². The third kappa shape index (κ3) is 2.84. The van der Waals surface area contributed by atoms with E-state index in [2.05, 4.69) is 33.1 Å². The first-order chi connectivity index (χ1) is 12.6. The highest BCUT2D eigenvalue weighted by Crippen LogP contribution is 2.19. The zero-order valence-electron chi connectivity index (χ0n) is 14.7. The zero-order chi connectivity index (χ0) is 18.3. The summed E-state index contributed by atoms with van der Waals surface area (Å²) in [7, 11) is 2.01. The lowest BCUT2D eigenvalue weighted by Gasteiger charge is -2.08. The van der Waals surface area contributed by atoms with Gasteiger partial charge in [0.05, 0.1) is 10.7 Å². The number of nitrogens with one attached hydrogen (secondary N) is 1. The monoisotopic (exact) mass is 366 g/mol. The maximum absolute atomic E-state index is 12.8. The van der Waals surface area contributed by atoms with E-state index in [-0.39, 0.29) is 5.91 Å². The van der Waals surface area contributed by atoms with Crippen LogP contribution in [-0.2, 0) is 20.0 Å². The third-order valence-corrected chi connectivity index (χ3v) is 4.83. The van der Waals surface area contributed by atoms with Gasteiger partial charge < -0.3 is 9.88 Å². The van der Waals surface area contributed by atoms with Gasteiger partial charge in [0, 0.05) is 31.5 Å². The van der Waals surface area contributed by atoms with Gasteiger partial charge >= 0.3 is 0 Å². The van der Waals surface area contributed by atoms with Crippen molar-refractivity contribution in [3.8, 4) is 0 Å². The van der Waals surface area contributed by atoms with Gasteiger partial charge in [0.1, 0.15) is 11.3 Å². The molecule has 3 heterocycles. The van der Waals surface area contributed by atoms with E-state index in [0.29, 0.717) is 23.7 Å². The summed E-state index contributed by atoms with van der Waals surface area (Å²) in [5.41, 5.74) is 4.24. The van der Waals surface area contributed by atoms with Crippen molar-refractivity contribution in [1.82, 2.24) is 19.3 Å². The Morgan fingerprint density at radius 3 is 2.88 bits per heavy atom. The number of benzene rings is 1. The van der Waals surface area contributed by atoms with Gasteiger partial charge in [-0.3, -0.25) is 9.20 Å². The highest BCUT2D eigenvalue weighted by molar-refractivity contribution is 6.30. The highest BCUT2D eigenvalue weighted by atomic mass is 35.5. The predicted molar refractivity (Wildman–Crippen MR) is 104 cm³/mol. The van der Waals surface area contributed by atoms with Crippen LogP contribution in [0.2, 0.25) is 5.02 Å². The number of nitrogens with zero attached hydrogens (tertiary/aromatic N) is 3. The number of carbonyl (C=O) groups excluding carboxylic acids is 1. The molecule has 6 heteroatoms. The first-order valence-corrected chi connectivity index (χ1v) is 8.93. The van der Waals surface area contributed by atoms with Crippen LogP contribution in [0.25, 0.3) is 16.6 Å². The SMILES string of the molecule is CCc1nc2ccc(Cl)cn2c1C(=O)NCc1ccc2ccn(C)c2c1. The Hall–Kier alpha value is -2.79. The second-order valence-corrected chi connectivity index (χ2v) is 6.78. The number of aryl methyl sites for hydroxylation is 2. The Morgan fingerprint density at radius 2 is 2.08 bits per heavy atom. The zero-order valence-corrected chi connectivity index (χ0v) is 15.4. The van der Waals surface area contributed by atoms with Crippen molar-refractivity contribution in [3.05, 3.63) is 70.8 Å². The minimum absolute atomic E-state index is 0.149. The Labute approximate surface area is 156 Å². The molecule has 4 aromatic rings. The number of fused-ring (bicyclic) bond motifs is 2. The van der Waals surface area contributed by atoms with E-state index in [1.54, 1.807) is 16.7 Å². The minimum Gasteiger partial charge on any atom is -0.351 e. The molecule has 0 bridgehead atoms. The van der Waals surface area contributed by atoms with Gasteiger partial charge in [-0.15, -0.1) is 0 Å². The van der Waals surface area contributed by atoms with E-state index in [1.807, 2.05) is 32.3 Å². The highest BCUT2D eigenvalue weighted by Gasteiger charge is 2.18. The molecule has 0 radical (unpaired) electrons. The maximum Gasteiger partial charge on any atom is 0.270 e. The summed E-state index contributed by atoms with van der Waals surface area (Å²) in [4.78, 5) is 17.4. The molecule has 0 fully saturated rings. The second kappa shape index (κ2) is 6.50. The summed E-state index contributed by atoms with van der Waals surface area (Å²) in [6.07, 6.45) is 4.44. The van der Waals surface area contributed by atoms with Gasteiger partial charge in [0.25, 0.3) is 5.91 Å². The van der Waals surface area contributed by atoms with Gasteiger partial charge in [-0.2, -0.15) is 0 Å². The Kier molecular flexibility index (Phi) is 4.17. The van der Waals surface area contributed by atoms with Crippen molar-refractivity contribution in [1.29, 1.82) is 0 Å². The number of pyridine rings is 1. The van der Waals surface area contributed by atoms with Crippen LogP contribution in [0.15, 0.2) is 48.8 Å². The first-order valence-electron chi connectivity index (χ1n) is 8.55. The number of amides is 1. The van der Waals surface area contributed by atoms with E-state index in [0.717, 1.165) is 22.4 Å². The van der Waals surface area contributed by atoms with Crippen LogP contribution in [0.4, 0.5) is 0 Å². The number of hydrogen-bond acceptors (Lipinski definition) is 2. The number of carbonyl (C=O) groups is 1. The molecule has 5 nitrogen and oxygen atoms in total. The van der Waals surface area contributed by atoms with E-state index in [1.165, 1.54) is 5.39 Å². The fourth-order valence-corrected chi connectivity index (χ4v) is 3.40. The van der Waals surface area contributed by atoms with Gasteiger partial charge in [-0.05, 0) is 41.6 Å². The molecular weight excluding hydrogens is 348 g/mol. The molecule has 1 amide bonds. The minimum atomic E-state index is -0.149. The summed E-state index contributed by atoms with van der Waals surface area (Å²) in [6, 6.07) is 11.9. The van der Waals surface area contributed by atoms with Crippen molar-refractivity contribution < 1.29 is 4.79 Å². The van der Waals surface area contributed by atoms with Crippen molar-refractivity contribution in [2.45, 2.75) is 19.9 Å². The van der Waals surface area contributed by atoms with Crippen LogP contribution in [0, 0.1) is 0 Å². The third-order valence-electron chi connectivity index (χ3n) is 4.61. The summed E-state index contributed by atoms with van der Waals surface area (Å²) < 4.78 is 3.83. The molecule has 0 saturated carbocycles. The molecule has 0 atom stereocenters. The summed E-state index contributed by atoms with van der Waals surface area (Å²) >= 11 is 6.10. The average Bonchev–Trinajstić information content (AvgIpc) is 3.19. The molecule has 1 N–H and O–H groups in total. The molecule has 0 unspecified atom stereocenters. The quantitative estimate of drug-likeness (QED) is 0.594. The van der Waals surface area contributed by atoms with Crippen molar-refractivity contribution >= 4 is 34.1 Å². The summed E-state index contributed by atoms with van der Waals surface area (Å²) in [5.74, 6) is -0.149. The Bertz CT molecular complexity index is 1130. The van der Waals surface area contributed by atoms with E-state index in [9.17, 15) is 4.79 Å². The van der Waals surface area contributed by atoms with Gasteiger partial charge in [0.2, 0.25) is 0 Å². The van der Waals surface area contributed by atoms with Gasteiger partial charge in [0.15, 0.2) is 0 Å². The number of aromatic nitrogens is 3. The molecule has 3 aromatic heterocycles. The molecule has 0 saturated heterocycles. The summed E-state index contributed by atoms with van der Waals surface area (Å²) in [6.45, 7) is 2.44. The Balaban J connectivity index is 1.62. The molecule has 0 spiro atoms. The maximum atomic E-state index is 12.8. The number of halogens is 1. The first kappa shape index (κ1) is 16.7. The van der Waals surface area contributed by atoms with Crippen molar-refractivity contribution in [2.75, 3.05) is 0 Å². The lowest BCUT2D eigenvalue weighted by atomic mass is 10.1. The van der Waals surface area contributed by atoms with Crippen LogP contribution in [0.5, 0.6) is 0 Å². The predicted octanol–water partition coefficient (Wildman–Crippen LogP) is 3.97. The Morgan fingerprint density at radius 1 is 1.23 bits per heavy atom. The van der Waals surface area contributed by atoms with Crippen LogP contribution >= 0.6 is 11.6 Å². The standard InChI is InChI=1S/C20H19ClN4O/c1-3-16-19(25-12-15(21)6-7-18(25)23-16)20(26)22-11-13-4-5-14-8-9-24(2)17(14)10-13/h4-10,12H,3,11H2,1-2H3,(H,22,26). The molecule has 0 aliphatic heterocycles. The van der Waals surface area contributed by atoms with E-state index in [4.69, 9.17) is 11.6 Å². The molecule has 132 valence electrons. The van der Waals surface area contributed by atoms with Crippen LogP contribution in [0.1, 0.15) is 28.7 Å².